The van der Waals surface area contributed by atoms with E-state index < -0.39 is 10.0 Å². The van der Waals surface area contributed by atoms with Gasteiger partial charge in [-0.25, -0.2) is 8.42 Å². The number of benzene rings is 1. The third-order valence-corrected chi connectivity index (χ3v) is 5.22. The van der Waals surface area contributed by atoms with E-state index in [1.807, 2.05) is 38.3 Å². The van der Waals surface area contributed by atoms with E-state index in [2.05, 4.69) is 9.82 Å². The van der Waals surface area contributed by atoms with Crippen LogP contribution in [0.2, 0.25) is 0 Å². The zero-order chi connectivity index (χ0) is 15.6. The summed E-state index contributed by atoms with van der Waals surface area (Å²) in [6.45, 7) is 5.61. The molecule has 1 aromatic carbocycles. The Hall–Kier alpha value is -1.47. The second-order valence-corrected chi connectivity index (χ2v) is 7.52. The van der Waals surface area contributed by atoms with Crippen molar-refractivity contribution in [3.8, 4) is 0 Å². The van der Waals surface area contributed by atoms with E-state index in [0.717, 1.165) is 4.90 Å². The van der Waals surface area contributed by atoms with E-state index in [9.17, 15) is 8.42 Å². The van der Waals surface area contributed by atoms with Gasteiger partial charge in [0.15, 0.2) is 0 Å². The smallest absolute Gasteiger partial charge is 0.265 e. The second kappa shape index (κ2) is 6.11. The lowest BCUT2D eigenvalue weighted by molar-refractivity contribution is 0.528. The Morgan fingerprint density at radius 1 is 1.33 bits per heavy atom. The Bertz CT molecular complexity index is 736. The maximum atomic E-state index is 12.5. The normalized spacial score (nSPS) is 11.9. The number of hydrogen-bond donors (Lipinski definition) is 1. The molecule has 114 valence electrons. The van der Waals surface area contributed by atoms with E-state index in [1.54, 1.807) is 35.6 Å². The number of aryl methyl sites for hydroxylation is 1. The molecule has 21 heavy (non-hydrogen) atoms. The van der Waals surface area contributed by atoms with Crippen molar-refractivity contribution in [3.05, 3.63) is 36.2 Å². The Balaban J connectivity index is 2.33. The molecule has 1 aromatic heterocycles. The van der Waals surface area contributed by atoms with Crippen LogP contribution in [0.3, 0.4) is 0 Å². The molecule has 0 unspecified atom stereocenters. The predicted molar refractivity (Wildman–Crippen MR) is 86.4 cm³/mol. The van der Waals surface area contributed by atoms with E-state index in [1.165, 1.54) is 0 Å². The van der Waals surface area contributed by atoms with Crippen molar-refractivity contribution in [1.29, 1.82) is 0 Å². The Morgan fingerprint density at radius 2 is 2.05 bits per heavy atom. The fourth-order valence-electron chi connectivity index (χ4n) is 1.89. The number of aromatic nitrogens is 2. The highest BCUT2D eigenvalue weighted by Gasteiger charge is 2.21. The fourth-order valence-corrected chi connectivity index (χ4v) is 3.57. The molecule has 2 rings (SSSR count). The Morgan fingerprint density at radius 3 is 2.62 bits per heavy atom. The quantitative estimate of drug-likeness (QED) is 0.857. The third kappa shape index (κ3) is 3.59. The first-order valence-electron chi connectivity index (χ1n) is 6.56. The van der Waals surface area contributed by atoms with Gasteiger partial charge in [0.25, 0.3) is 10.0 Å². The fraction of sp³-hybridized carbons (Fsp3) is 0.357. The average Bonchev–Trinajstić information content (AvgIpc) is 2.81. The number of thioether (sulfide) groups is 1. The summed E-state index contributed by atoms with van der Waals surface area (Å²) in [6.07, 6.45) is 3.52. The first-order chi connectivity index (χ1) is 9.83. The minimum absolute atomic E-state index is 0.118. The summed E-state index contributed by atoms with van der Waals surface area (Å²) < 4.78 is 29.2. The Kier molecular flexibility index (Phi) is 4.63. The van der Waals surface area contributed by atoms with Gasteiger partial charge in [-0.15, -0.1) is 11.8 Å². The molecule has 7 heteroatoms. The number of hydrogen-bond acceptors (Lipinski definition) is 4. The molecule has 1 N–H and O–H groups in total. The lowest BCUT2D eigenvalue weighted by atomic mass is 10.3. The van der Waals surface area contributed by atoms with E-state index in [4.69, 9.17) is 0 Å². The minimum Gasteiger partial charge on any atom is -0.279 e. The molecule has 0 aliphatic carbocycles. The molecule has 0 saturated heterocycles. The highest BCUT2D eigenvalue weighted by molar-refractivity contribution is 7.98. The largest absolute Gasteiger partial charge is 0.279 e. The van der Waals surface area contributed by atoms with Crippen molar-refractivity contribution in [2.24, 2.45) is 0 Å². The molecular weight excluding hydrogens is 306 g/mol. The third-order valence-electron chi connectivity index (χ3n) is 3.01. The molecule has 0 bridgehead atoms. The van der Waals surface area contributed by atoms with Crippen molar-refractivity contribution in [2.75, 3.05) is 11.0 Å². The van der Waals surface area contributed by atoms with Gasteiger partial charge in [-0.3, -0.25) is 9.40 Å². The predicted octanol–water partition coefficient (Wildman–Crippen LogP) is 3.30. The number of nitrogens with one attached hydrogen (secondary N) is 1. The van der Waals surface area contributed by atoms with Crippen molar-refractivity contribution in [3.63, 3.8) is 0 Å². The Labute approximate surface area is 129 Å². The van der Waals surface area contributed by atoms with Crippen molar-refractivity contribution >= 4 is 27.5 Å². The number of anilines is 1. The van der Waals surface area contributed by atoms with Crippen LogP contribution in [-0.2, 0) is 10.0 Å². The van der Waals surface area contributed by atoms with E-state index in [-0.39, 0.29) is 10.9 Å². The molecule has 0 saturated carbocycles. The van der Waals surface area contributed by atoms with Crippen molar-refractivity contribution in [1.82, 2.24) is 9.78 Å². The topological polar surface area (TPSA) is 64.0 Å². The zero-order valence-electron chi connectivity index (χ0n) is 12.5. The molecule has 2 aromatic rings. The van der Waals surface area contributed by atoms with Gasteiger partial charge in [0.2, 0.25) is 0 Å². The number of nitrogens with zero attached hydrogens (tertiary/aromatic N) is 2. The van der Waals surface area contributed by atoms with Crippen LogP contribution in [0.1, 0.15) is 25.6 Å². The van der Waals surface area contributed by atoms with Crippen LogP contribution in [-0.4, -0.2) is 24.5 Å². The minimum atomic E-state index is -3.62. The van der Waals surface area contributed by atoms with Gasteiger partial charge in [-0.1, -0.05) is 6.07 Å². The molecule has 0 fully saturated rings. The van der Waals surface area contributed by atoms with Gasteiger partial charge in [0.1, 0.15) is 4.90 Å². The van der Waals surface area contributed by atoms with Crippen LogP contribution >= 0.6 is 11.8 Å². The van der Waals surface area contributed by atoms with Crippen LogP contribution in [0.15, 0.2) is 40.3 Å². The van der Waals surface area contributed by atoms with Crippen LogP contribution in [0.4, 0.5) is 5.69 Å². The number of sulfonamides is 1. The molecule has 1 heterocycles. The van der Waals surface area contributed by atoms with Crippen LogP contribution in [0.25, 0.3) is 0 Å². The van der Waals surface area contributed by atoms with Gasteiger partial charge in [-0.05, 0) is 45.2 Å². The van der Waals surface area contributed by atoms with Gasteiger partial charge >= 0.3 is 0 Å². The van der Waals surface area contributed by atoms with Crippen molar-refractivity contribution in [2.45, 2.75) is 36.6 Å². The average molecular weight is 325 g/mol. The summed E-state index contributed by atoms with van der Waals surface area (Å²) in [6, 6.07) is 7.43. The van der Waals surface area contributed by atoms with Crippen LogP contribution in [0.5, 0.6) is 0 Å². The summed E-state index contributed by atoms with van der Waals surface area (Å²) in [7, 11) is -3.62. The molecule has 5 nitrogen and oxygen atoms in total. The summed E-state index contributed by atoms with van der Waals surface area (Å²) in [4.78, 5) is 1.22. The molecule has 0 aliphatic rings. The van der Waals surface area contributed by atoms with Crippen molar-refractivity contribution < 1.29 is 8.42 Å². The first kappa shape index (κ1) is 15.9. The highest BCUT2D eigenvalue weighted by atomic mass is 32.2. The molecule has 0 radical (unpaired) electrons. The standard InChI is InChI=1S/C14H19N3O2S2/c1-10(2)17-9-14(11(3)15-17)21(18,19)16-12-6-5-7-13(8-12)20-4/h5-10,16H,1-4H3. The highest BCUT2D eigenvalue weighted by Crippen LogP contribution is 2.23. The summed E-state index contributed by atoms with van der Waals surface area (Å²) >= 11 is 1.56. The lowest BCUT2D eigenvalue weighted by Crippen LogP contribution is -2.13. The second-order valence-electron chi connectivity index (χ2n) is 4.99. The summed E-state index contributed by atoms with van der Waals surface area (Å²) in [5.74, 6) is 0. The first-order valence-corrected chi connectivity index (χ1v) is 9.27. The van der Waals surface area contributed by atoms with Crippen LogP contribution in [0, 0.1) is 6.92 Å². The maximum Gasteiger partial charge on any atom is 0.265 e. The zero-order valence-corrected chi connectivity index (χ0v) is 14.1. The van der Waals surface area contributed by atoms with Gasteiger partial charge < -0.3 is 0 Å². The van der Waals surface area contributed by atoms with Crippen LogP contribution < -0.4 is 4.72 Å². The molecule has 0 amide bonds. The molecule has 0 aliphatic heterocycles. The summed E-state index contributed by atoms with van der Waals surface area (Å²) in [5, 5.41) is 4.25. The molecular formula is C14H19N3O2S2. The molecule has 0 spiro atoms. The molecule has 0 atom stereocenters. The van der Waals surface area contributed by atoms with E-state index in [0.29, 0.717) is 11.4 Å². The SMILES string of the molecule is CSc1cccc(NS(=O)(=O)c2cn(C(C)C)nc2C)c1. The summed E-state index contributed by atoms with van der Waals surface area (Å²) in [5.41, 5.74) is 1.05. The van der Waals surface area contributed by atoms with E-state index >= 15 is 0 Å². The van der Waals surface area contributed by atoms with Gasteiger partial charge in [0, 0.05) is 22.8 Å². The lowest BCUT2D eigenvalue weighted by Gasteiger charge is -2.08. The maximum absolute atomic E-state index is 12.5. The van der Waals surface area contributed by atoms with Gasteiger partial charge in [0.05, 0.1) is 5.69 Å². The number of rotatable bonds is 5. The monoisotopic (exact) mass is 325 g/mol. The van der Waals surface area contributed by atoms with Gasteiger partial charge in [-0.2, -0.15) is 5.10 Å².